The molecule has 1 heterocycles. The average molecular weight is 256 g/mol. The Bertz CT molecular complexity index is 335. The summed E-state index contributed by atoms with van der Waals surface area (Å²) in [4.78, 5) is 32.3. The Morgan fingerprint density at radius 3 is 2.89 bits per heavy atom. The number of ether oxygens (including phenoxy) is 3. The minimum Gasteiger partial charge on any atom is -0.466 e. The summed E-state index contributed by atoms with van der Waals surface area (Å²) in [5.74, 6) is -0.275. The van der Waals surface area contributed by atoms with E-state index < -0.39 is 18.4 Å². The largest absolute Gasteiger partial charge is 0.509 e. The summed E-state index contributed by atoms with van der Waals surface area (Å²) in [6.07, 6.45) is 2.83. The van der Waals surface area contributed by atoms with Crippen molar-refractivity contribution in [2.75, 3.05) is 6.61 Å². The molecule has 1 rings (SSSR count). The zero-order chi connectivity index (χ0) is 13.4. The van der Waals surface area contributed by atoms with Crippen molar-refractivity contribution in [1.82, 2.24) is 0 Å². The van der Waals surface area contributed by atoms with Gasteiger partial charge in [-0.2, -0.15) is 0 Å². The van der Waals surface area contributed by atoms with Crippen molar-refractivity contribution in [3.63, 3.8) is 0 Å². The van der Waals surface area contributed by atoms with Gasteiger partial charge in [-0.1, -0.05) is 0 Å². The van der Waals surface area contributed by atoms with Gasteiger partial charge in [0.2, 0.25) is 0 Å². The van der Waals surface area contributed by atoms with E-state index in [2.05, 4.69) is 0 Å². The normalized spacial score (nSPS) is 22.6. The van der Waals surface area contributed by atoms with Crippen LogP contribution in [0.3, 0.4) is 0 Å². The molecule has 0 radical (unpaired) electrons. The topological polar surface area (TPSA) is 78.9 Å². The summed E-state index contributed by atoms with van der Waals surface area (Å²) in [7, 11) is 0. The number of esters is 1. The second-order valence-corrected chi connectivity index (χ2v) is 3.71. The summed E-state index contributed by atoms with van der Waals surface area (Å²) in [5.41, 5.74) is 0. The quantitative estimate of drug-likeness (QED) is 0.389. The number of carbonyl (C=O) groups is 3. The van der Waals surface area contributed by atoms with Crippen LogP contribution >= 0.6 is 0 Å². The van der Waals surface area contributed by atoms with Gasteiger partial charge in [-0.15, -0.1) is 0 Å². The summed E-state index contributed by atoms with van der Waals surface area (Å²) in [6.45, 7) is 2.09. The average Bonchev–Trinajstić information content (AvgIpc) is 2.67. The predicted octanol–water partition coefficient (Wildman–Crippen LogP) is 1.38. The maximum Gasteiger partial charge on any atom is 0.509 e. The van der Waals surface area contributed by atoms with Gasteiger partial charge in [-0.05, 0) is 31.9 Å². The Morgan fingerprint density at radius 2 is 2.22 bits per heavy atom. The lowest BCUT2D eigenvalue weighted by molar-refractivity contribution is -0.143. The van der Waals surface area contributed by atoms with Crippen LogP contribution in [0.2, 0.25) is 0 Å². The molecule has 0 aliphatic carbocycles. The molecule has 1 saturated heterocycles. The summed E-state index contributed by atoms with van der Waals surface area (Å²) in [6, 6.07) is 0. The maximum absolute atomic E-state index is 11.1. The molecule has 0 aromatic heterocycles. The second-order valence-electron chi connectivity index (χ2n) is 3.71. The standard InChI is InChI=1S/C12H16O6/c1-2-16-11(14)7-3-5-9-10(6-4-8-13)18-12(15)17-9/h4,6,8-10H,2-3,5,7H2,1H3/b6-4+/t9-,10+/m0/s1. The Hall–Kier alpha value is -1.85. The predicted molar refractivity (Wildman–Crippen MR) is 60.8 cm³/mol. The number of rotatable bonds is 7. The smallest absolute Gasteiger partial charge is 0.466 e. The van der Waals surface area contributed by atoms with Crippen LogP contribution in [0.25, 0.3) is 0 Å². The lowest BCUT2D eigenvalue weighted by atomic mass is 10.1. The van der Waals surface area contributed by atoms with Crippen LogP contribution in [0.15, 0.2) is 12.2 Å². The van der Waals surface area contributed by atoms with E-state index in [1.54, 1.807) is 6.92 Å². The molecule has 6 heteroatoms. The Kier molecular flexibility index (Phi) is 5.90. The molecule has 100 valence electrons. The van der Waals surface area contributed by atoms with Crippen molar-refractivity contribution < 1.29 is 28.6 Å². The van der Waals surface area contributed by atoms with Gasteiger partial charge in [-0.25, -0.2) is 4.79 Å². The summed E-state index contributed by atoms with van der Waals surface area (Å²) < 4.78 is 14.6. The number of aldehydes is 1. The Labute approximate surface area is 105 Å². The third kappa shape index (κ3) is 4.57. The van der Waals surface area contributed by atoms with Crippen LogP contribution in [0, 0.1) is 0 Å². The highest BCUT2D eigenvalue weighted by atomic mass is 16.8. The van der Waals surface area contributed by atoms with Gasteiger partial charge in [0, 0.05) is 6.42 Å². The van der Waals surface area contributed by atoms with Crippen LogP contribution < -0.4 is 0 Å². The highest BCUT2D eigenvalue weighted by Gasteiger charge is 2.34. The zero-order valence-corrected chi connectivity index (χ0v) is 10.2. The first-order valence-corrected chi connectivity index (χ1v) is 5.82. The van der Waals surface area contributed by atoms with Crippen molar-refractivity contribution >= 4 is 18.4 Å². The van der Waals surface area contributed by atoms with Crippen LogP contribution in [-0.4, -0.2) is 37.2 Å². The summed E-state index contributed by atoms with van der Waals surface area (Å²) >= 11 is 0. The Balaban J connectivity index is 2.35. The highest BCUT2D eigenvalue weighted by Crippen LogP contribution is 2.21. The van der Waals surface area contributed by atoms with Crippen molar-refractivity contribution in [1.29, 1.82) is 0 Å². The van der Waals surface area contributed by atoms with Crippen molar-refractivity contribution in [2.45, 2.75) is 38.4 Å². The molecular formula is C12H16O6. The molecular weight excluding hydrogens is 240 g/mol. The molecule has 0 N–H and O–H groups in total. The van der Waals surface area contributed by atoms with Gasteiger partial charge < -0.3 is 14.2 Å². The fourth-order valence-corrected chi connectivity index (χ4v) is 1.63. The number of cyclic esters (lactones) is 2. The second kappa shape index (κ2) is 7.47. The minimum atomic E-state index is -0.753. The summed E-state index contributed by atoms with van der Waals surface area (Å²) in [5, 5.41) is 0. The number of hydrogen-bond acceptors (Lipinski definition) is 6. The van der Waals surface area contributed by atoms with Crippen LogP contribution in [0.5, 0.6) is 0 Å². The van der Waals surface area contributed by atoms with Crippen LogP contribution in [-0.2, 0) is 23.8 Å². The monoisotopic (exact) mass is 256 g/mol. The van der Waals surface area contributed by atoms with Crippen molar-refractivity contribution in [3.05, 3.63) is 12.2 Å². The van der Waals surface area contributed by atoms with Crippen molar-refractivity contribution in [2.24, 2.45) is 0 Å². The van der Waals surface area contributed by atoms with Gasteiger partial charge in [0.15, 0.2) is 6.10 Å². The molecule has 2 atom stereocenters. The van der Waals surface area contributed by atoms with E-state index in [1.807, 2.05) is 0 Å². The van der Waals surface area contributed by atoms with Crippen molar-refractivity contribution in [3.8, 4) is 0 Å². The SMILES string of the molecule is CCOC(=O)CCC[C@@H]1OC(=O)O[C@@H]1/C=C/C=O. The van der Waals surface area contributed by atoms with Gasteiger partial charge in [0.05, 0.1) is 6.61 Å². The zero-order valence-electron chi connectivity index (χ0n) is 10.2. The lowest BCUT2D eigenvalue weighted by Gasteiger charge is -2.11. The van der Waals surface area contributed by atoms with E-state index in [4.69, 9.17) is 14.2 Å². The first-order chi connectivity index (χ1) is 8.67. The van der Waals surface area contributed by atoms with E-state index in [0.717, 1.165) is 0 Å². The first kappa shape index (κ1) is 14.2. The fourth-order valence-electron chi connectivity index (χ4n) is 1.63. The molecule has 0 saturated carbocycles. The Morgan fingerprint density at radius 1 is 1.44 bits per heavy atom. The molecule has 0 aromatic rings. The number of hydrogen-bond donors (Lipinski definition) is 0. The number of allylic oxidation sites excluding steroid dienone is 1. The lowest BCUT2D eigenvalue weighted by Crippen LogP contribution is -2.20. The molecule has 0 aromatic carbocycles. The van der Waals surface area contributed by atoms with E-state index >= 15 is 0 Å². The molecule has 6 nitrogen and oxygen atoms in total. The van der Waals surface area contributed by atoms with Gasteiger partial charge in [0.25, 0.3) is 0 Å². The molecule has 0 bridgehead atoms. The van der Waals surface area contributed by atoms with Gasteiger partial charge in [-0.3, -0.25) is 9.59 Å². The molecule has 0 unspecified atom stereocenters. The highest BCUT2D eigenvalue weighted by molar-refractivity contribution is 5.69. The molecule has 18 heavy (non-hydrogen) atoms. The maximum atomic E-state index is 11.1. The first-order valence-electron chi connectivity index (χ1n) is 5.82. The molecule has 1 aliphatic rings. The minimum absolute atomic E-state index is 0.270. The van der Waals surface area contributed by atoms with Crippen LogP contribution in [0.4, 0.5) is 4.79 Å². The van der Waals surface area contributed by atoms with Gasteiger partial charge in [0.1, 0.15) is 12.4 Å². The molecule has 0 amide bonds. The van der Waals surface area contributed by atoms with E-state index in [0.29, 0.717) is 25.7 Å². The molecule has 1 fully saturated rings. The third-order valence-electron chi connectivity index (χ3n) is 2.40. The number of carbonyl (C=O) groups excluding carboxylic acids is 3. The van der Waals surface area contributed by atoms with Crippen LogP contribution in [0.1, 0.15) is 26.2 Å². The third-order valence-corrected chi connectivity index (χ3v) is 2.40. The fraction of sp³-hybridized carbons (Fsp3) is 0.583. The van der Waals surface area contributed by atoms with Gasteiger partial charge >= 0.3 is 12.1 Å². The van der Waals surface area contributed by atoms with E-state index in [9.17, 15) is 14.4 Å². The van der Waals surface area contributed by atoms with E-state index in [-0.39, 0.29) is 12.4 Å². The van der Waals surface area contributed by atoms with E-state index in [1.165, 1.54) is 12.2 Å². The molecule has 0 spiro atoms. The molecule has 1 aliphatic heterocycles.